The van der Waals surface area contributed by atoms with Gasteiger partial charge in [-0.2, -0.15) is 4.31 Å². The van der Waals surface area contributed by atoms with E-state index in [1.54, 1.807) is 10.4 Å². The van der Waals surface area contributed by atoms with Crippen LogP contribution in [-0.2, 0) is 21.9 Å². The molecule has 0 radical (unpaired) electrons. The Hall–Kier alpha value is -2.32. The highest BCUT2D eigenvalue weighted by molar-refractivity contribution is 7.89. The van der Waals surface area contributed by atoms with Gasteiger partial charge in [-0.05, 0) is 43.2 Å². The second kappa shape index (κ2) is 8.36. The molecule has 1 amide bonds. The first-order chi connectivity index (χ1) is 13.3. The molecule has 152 valence electrons. The number of aryl methyl sites for hydroxylation is 1. The third-order valence-electron chi connectivity index (χ3n) is 5.12. The molecule has 28 heavy (non-hydrogen) atoms. The number of nitrogens with one attached hydrogen (secondary N) is 1. The van der Waals surface area contributed by atoms with E-state index in [4.69, 9.17) is 4.74 Å². The van der Waals surface area contributed by atoms with E-state index >= 15 is 0 Å². The predicted octanol–water partition coefficient (Wildman–Crippen LogP) is 3.30. The van der Waals surface area contributed by atoms with Crippen molar-refractivity contribution in [2.24, 2.45) is 7.05 Å². The largest absolute Gasteiger partial charge is 0.495 e. The van der Waals surface area contributed by atoms with Crippen molar-refractivity contribution >= 4 is 21.6 Å². The van der Waals surface area contributed by atoms with E-state index in [2.05, 4.69) is 5.32 Å². The van der Waals surface area contributed by atoms with Crippen LogP contribution in [0.15, 0.2) is 41.4 Å². The predicted molar refractivity (Wildman–Crippen MR) is 108 cm³/mol. The molecule has 2 aromatic rings. The number of ether oxygens (including phenoxy) is 1. The molecule has 1 saturated heterocycles. The number of amides is 1. The van der Waals surface area contributed by atoms with E-state index in [0.717, 1.165) is 31.4 Å². The Morgan fingerprint density at radius 3 is 2.64 bits per heavy atom. The van der Waals surface area contributed by atoms with Gasteiger partial charge < -0.3 is 14.6 Å². The molecule has 1 aromatic heterocycles. The third kappa shape index (κ3) is 4.07. The summed E-state index contributed by atoms with van der Waals surface area (Å²) in [5.41, 5.74) is 1.34. The number of anilines is 1. The molecule has 1 aromatic carbocycles. The minimum atomic E-state index is -3.75. The molecule has 0 unspecified atom stereocenters. The summed E-state index contributed by atoms with van der Waals surface area (Å²) in [7, 11) is -0.328. The zero-order valence-corrected chi connectivity index (χ0v) is 17.3. The van der Waals surface area contributed by atoms with Gasteiger partial charge in [0, 0.05) is 32.4 Å². The normalized spacial score (nSPS) is 18.5. The van der Waals surface area contributed by atoms with Crippen LogP contribution in [0.4, 0.5) is 5.69 Å². The molecule has 1 atom stereocenters. The van der Waals surface area contributed by atoms with Crippen molar-refractivity contribution in [2.75, 3.05) is 19.0 Å². The van der Waals surface area contributed by atoms with Crippen molar-refractivity contribution in [3.05, 3.63) is 42.2 Å². The monoisotopic (exact) mass is 405 g/mol. The van der Waals surface area contributed by atoms with Gasteiger partial charge in [-0.1, -0.05) is 12.8 Å². The lowest BCUT2D eigenvalue weighted by Crippen LogP contribution is -2.35. The fourth-order valence-electron chi connectivity index (χ4n) is 3.76. The zero-order valence-electron chi connectivity index (χ0n) is 16.5. The van der Waals surface area contributed by atoms with Gasteiger partial charge in [-0.25, -0.2) is 8.42 Å². The average Bonchev–Trinajstić information content (AvgIpc) is 2.92. The number of sulfonamides is 1. The van der Waals surface area contributed by atoms with Crippen LogP contribution in [0.1, 0.15) is 44.3 Å². The van der Waals surface area contributed by atoms with Crippen molar-refractivity contribution in [1.82, 2.24) is 8.87 Å². The van der Waals surface area contributed by atoms with Crippen LogP contribution in [-0.4, -0.2) is 36.9 Å². The number of nitrogens with zero attached hydrogens (tertiary/aromatic N) is 2. The molecule has 1 aliphatic heterocycles. The summed E-state index contributed by atoms with van der Waals surface area (Å²) in [4.78, 5) is 11.7. The molecular formula is C20H27N3O4S. The van der Waals surface area contributed by atoms with Gasteiger partial charge in [0.15, 0.2) is 0 Å². The second-order valence-corrected chi connectivity index (χ2v) is 8.96. The number of rotatable bonds is 5. The van der Waals surface area contributed by atoms with E-state index in [-0.39, 0.29) is 16.8 Å². The number of benzene rings is 1. The highest BCUT2D eigenvalue weighted by Gasteiger charge is 2.34. The van der Waals surface area contributed by atoms with Crippen LogP contribution < -0.4 is 10.1 Å². The Morgan fingerprint density at radius 1 is 1.21 bits per heavy atom. The van der Waals surface area contributed by atoms with Crippen molar-refractivity contribution in [3.63, 3.8) is 0 Å². The standard InChI is InChI=1S/C20H27N3O4S/c1-15(24)21-17-14-16(10-11-20(17)27-3)28(25,26)23-13-6-4-5-8-19(23)18-9-7-12-22(18)2/h7,9-12,14,19H,4-6,8,13H2,1-3H3,(H,21,24)/t19-/m1/s1. The summed E-state index contributed by atoms with van der Waals surface area (Å²) >= 11 is 0. The molecule has 7 nitrogen and oxygen atoms in total. The maximum Gasteiger partial charge on any atom is 0.243 e. The fraction of sp³-hybridized carbons (Fsp3) is 0.450. The SMILES string of the molecule is COc1ccc(S(=O)(=O)N2CCCCC[C@@H]2c2cccn2C)cc1NC(C)=O. The first-order valence-corrected chi connectivity index (χ1v) is 10.9. The van der Waals surface area contributed by atoms with Crippen LogP contribution in [0, 0.1) is 0 Å². The van der Waals surface area contributed by atoms with Gasteiger partial charge in [-0.15, -0.1) is 0 Å². The summed E-state index contributed by atoms with van der Waals surface area (Å²) < 4.78 is 36.0. The number of hydrogen-bond donors (Lipinski definition) is 1. The Kier molecular flexibility index (Phi) is 6.10. The maximum absolute atomic E-state index is 13.6. The second-order valence-electron chi connectivity index (χ2n) is 7.07. The van der Waals surface area contributed by atoms with Gasteiger partial charge >= 0.3 is 0 Å². The smallest absolute Gasteiger partial charge is 0.243 e. The molecule has 1 aliphatic rings. The van der Waals surface area contributed by atoms with Crippen LogP contribution in [0.5, 0.6) is 5.75 Å². The maximum atomic E-state index is 13.6. The average molecular weight is 406 g/mol. The van der Waals surface area contributed by atoms with Gasteiger partial charge in [0.25, 0.3) is 0 Å². The number of carbonyl (C=O) groups excluding carboxylic acids is 1. The highest BCUT2D eigenvalue weighted by Crippen LogP contribution is 2.36. The first-order valence-electron chi connectivity index (χ1n) is 9.43. The molecule has 3 rings (SSSR count). The number of hydrogen-bond acceptors (Lipinski definition) is 4. The summed E-state index contributed by atoms with van der Waals surface area (Å²) in [6, 6.07) is 8.30. The Balaban J connectivity index is 2.04. The molecule has 0 bridgehead atoms. The summed E-state index contributed by atoms with van der Waals surface area (Å²) in [5, 5.41) is 2.65. The fourth-order valence-corrected chi connectivity index (χ4v) is 5.45. The zero-order chi connectivity index (χ0) is 20.3. The van der Waals surface area contributed by atoms with Crippen molar-refractivity contribution in [2.45, 2.75) is 43.5 Å². The molecule has 2 heterocycles. The Morgan fingerprint density at radius 2 is 2.00 bits per heavy atom. The highest BCUT2D eigenvalue weighted by atomic mass is 32.2. The number of methoxy groups -OCH3 is 1. The van der Waals surface area contributed by atoms with Gasteiger partial charge in [0.05, 0.1) is 23.7 Å². The topological polar surface area (TPSA) is 80.6 Å². The van der Waals surface area contributed by atoms with Gasteiger partial charge in [0.1, 0.15) is 5.75 Å². The lowest BCUT2D eigenvalue weighted by molar-refractivity contribution is -0.114. The summed E-state index contributed by atoms with van der Waals surface area (Å²) in [6.07, 6.45) is 5.54. The molecule has 0 saturated carbocycles. The van der Waals surface area contributed by atoms with Crippen molar-refractivity contribution in [3.8, 4) is 5.75 Å². The van der Waals surface area contributed by atoms with Crippen LogP contribution in [0.3, 0.4) is 0 Å². The van der Waals surface area contributed by atoms with Crippen LogP contribution in [0.25, 0.3) is 0 Å². The summed E-state index contributed by atoms with van der Waals surface area (Å²) in [6.45, 7) is 1.85. The van der Waals surface area contributed by atoms with Crippen LogP contribution in [0.2, 0.25) is 0 Å². The van der Waals surface area contributed by atoms with E-state index in [1.165, 1.54) is 26.2 Å². The number of aromatic nitrogens is 1. The lowest BCUT2D eigenvalue weighted by atomic mass is 10.1. The van der Waals surface area contributed by atoms with E-state index < -0.39 is 10.0 Å². The van der Waals surface area contributed by atoms with E-state index in [9.17, 15) is 13.2 Å². The van der Waals surface area contributed by atoms with Crippen LogP contribution >= 0.6 is 0 Å². The molecule has 0 aliphatic carbocycles. The molecular weight excluding hydrogens is 378 g/mol. The van der Waals surface area contributed by atoms with Gasteiger partial charge in [-0.3, -0.25) is 4.79 Å². The van der Waals surface area contributed by atoms with E-state index in [1.807, 2.05) is 29.9 Å². The molecule has 8 heteroatoms. The molecule has 1 N–H and O–H groups in total. The quantitative estimate of drug-likeness (QED) is 0.828. The minimum Gasteiger partial charge on any atom is -0.495 e. The van der Waals surface area contributed by atoms with E-state index in [0.29, 0.717) is 18.0 Å². The Labute approximate surface area is 166 Å². The third-order valence-corrected chi connectivity index (χ3v) is 7.02. The summed E-state index contributed by atoms with van der Waals surface area (Å²) in [5.74, 6) is 0.133. The minimum absolute atomic E-state index is 0.151. The van der Waals surface area contributed by atoms with Crippen molar-refractivity contribution < 1.29 is 17.9 Å². The first kappa shape index (κ1) is 20.4. The molecule has 1 fully saturated rings. The van der Waals surface area contributed by atoms with Crippen molar-refractivity contribution in [1.29, 1.82) is 0 Å². The van der Waals surface area contributed by atoms with Gasteiger partial charge in [0.2, 0.25) is 15.9 Å². The lowest BCUT2D eigenvalue weighted by Gasteiger charge is -2.30. The Bertz CT molecular complexity index is 952. The molecule has 0 spiro atoms. The number of carbonyl (C=O) groups is 1.